The van der Waals surface area contributed by atoms with Crippen LogP contribution in [-0.2, 0) is 19.2 Å². The molecule has 9 nitrogen and oxygen atoms in total. The second kappa shape index (κ2) is 15.4. The van der Waals surface area contributed by atoms with Gasteiger partial charge in [-0.2, -0.15) is 24.4 Å². The first kappa shape index (κ1) is 29.5. The molecule has 4 atom stereocenters. The zero-order valence-electron chi connectivity index (χ0n) is 19.0. The highest BCUT2D eigenvalue weighted by Crippen LogP contribution is 2.09. The minimum atomic E-state index is -1.12. The van der Waals surface area contributed by atoms with Crippen molar-refractivity contribution in [2.45, 2.75) is 71.1 Å². The predicted octanol–water partition coefficient (Wildman–Crippen LogP) is 0.628. The molecular weight excluding hydrogens is 440 g/mol. The van der Waals surface area contributed by atoms with Crippen molar-refractivity contribution >= 4 is 48.1 Å². The molecule has 0 aliphatic heterocycles. The number of aliphatic carboxylic acids is 1. The summed E-state index contributed by atoms with van der Waals surface area (Å²) in [5, 5.41) is 17.2. The number of nitrogens with one attached hydrogen (secondary N) is 3. The summed E-state index contributed by atoms with van der Waals surface area (Å²) < 4.78 is 0. The van der Waals surface area contributed by atoms with Gasteiger partial charge < -0.3 is 26.8 Å². The van der Waals surface area contributed by atoms with Crippen LogP contribution in [0.2, 0.25) is 0 Å². The van der Waals surface area contributed by atoms with Crippen molar-refractivity contribution in [2.75, 3.05) is 17.8 Å². The highest BCUT2D eigenvalue weighted by molar-refractivity contribution is 7.98. The van der Waals surface area contributed by atoms with E-state index in [0.29, 0.717) is 18.6 Å². The molecule has 0 fully saturated rings. The molecule has 0 saturated heterocycles. The smallest absolute Gasteiger partial charge is 0.326 e. The molecule has 0 saturated carbocycles. The second-order valence-electron chi connectivity index (χ2n) is 8.35. The molecule has 0 aromatic heterocycles. The van der Waals surface area contributed by atoms with E-state index in [1.54, 1.807) is 0 Å². The first-order chi connectivity index (χ1) is 14.4. The van der Waals surface area contributed by atoms with Crippen molar-refractivity contribution in [1.82, 2.24) is 16.0 Å². The molecule has 11 heteroatoms. The van der Waals surface area contributed by atoms with Crippen LogP contribution in [0.15, 0.2) is 0 Å². The van der Waals surface area contributed by atoms with E-state index in [2.05, 4.69) is 28.6 Å². The maximum atomic E-state index is 12.9. The predicted molar refractivity (Wildman–Crippen MR) is 127 cm³/mol. The summed E-state index contributed by atoms with van der Waals surface area (Å²) in [5.41, 5.74) is 5.69. The molecule has 3 amide bonds. The van der Waals surface area contributed by atoms with E-state index in [9.17, 15) is 24.3 Å². The number of hydrogen-bond acceptors (Lipinski definition) is 7. The molecular formula is C20H38N4O5S2. The van der Waals surface area contributed by atoms with E-state index < -0.39 is 47.9 Å². The van der Waals surface area contributed by atoms with Crippen molar-refractivity contribution in [2.24, 2.45) is 17.6 Å². The normalized spacial score (nSPS) is 15.1. The summed E-state index contributed by atoms with van der Waals surface area (Å²) in [7, 11) is 0. The van der Waals surface area contributed by atoms with Crippen LogP contribution in [0.3, 0.4) is 0 Å². The molecule has 180 valence electrons. The number of hydrogen-bond donors (Lipinski definition) is 6. The third-order valence-electron chi connectivity index (χ3n) is 4.44. The Morgan fingerprint density at radius 2 is 1.32 bits per heavy atom. The van der Waals surface area contributed by atoms with Crippen molar-refractivity contribution in [1.29, 1.82) is 0 Å². The van der Waals surface area contributed by atoms with Gasteiger partial charge in [0.15, 0.2) is 0 Å². The molecule has 0 heterocycles. The molecule has 0 aromatic carbocycles. The van der Waals surface area contributed by atoms with E-state index in [-0.39, 0.29) is 24.0 Å². The number of thiol groups is 1. The monoisotopic (exact) mass is 478 g/mol. The van der Waals surface area contributed by atoms with E-state index in [0.717, 1.165) is 0 Å². The SMILES string of the molecule is CSCCC(NC(=O)C(CC(C)C)NC(=O)C(N)CS)C(=O)NC(CC(C)C)C(=O)O. The number of amides is 3. The number of thioether (sulfide) groups is 1. The Hall–Kier alpha value is -1.46. The fourth-order valence-corrected chi connectivity index (χ4v) is 3.44. The van der Waals surface area contributed by atoms with Gasteiger partial charge >= 0.3 is 5.97 Å². The van der Waals surface area contributed by atoms with Gasteiger partial charge in [-0.25, -0.2) is 4.79 Å². The first-order valence-corrected chi connectivity index (χ1v) is 12.4. The molecule has 0 aliphatic rings. The maximum Gasteiger partial charge on any atom is 0.326 e. The average molecular weight is 479 g/mol. The molecule has 0 spiro atoms. The first-order valence-electron chi connectivity index (χ1n) is 10.4. The summed E-state index contributed by atoms with van der Waals surface area (Å²) in [5.74, 6) is -1.79. The zero-order valence-corrected chi connectivity index (χ0v) is 20.7. The molecule has 0 radical (unpaired) electrons. The summed E-state index contributed by atoms with van der Waals surface area (Å²) in [4.78, 5) is 49.4. The fourth-order valence-electron chi connectivity index (χ4n) is 2.81. The number of carboxylic acid groups (broad SMARTS) is 1. The summed E-state index contributed by atoms with van der Waals surface area (Å²) >= 11 is 5.51. The molecule has 0 aromatic rings. The van der Waals surface area contributed by atoms with Gasteiger partial charge in [0.2, 0.25) is 17.7 Å². The van der Waals surface area contributed by atoms with Gasteiger partial charge in [0, 0.05) is 5.75 Å². The number of carboxylic acids is 1. The summed E-state index contributed by atoms with van der Waals surface area (Å²) in [6, 6.07) is -3.68. The van der Waals surface area contributed by atoms with E-state index in [4.69, 9.17) is 5.73 Å². The third-order valence-corrected chi connectivity index (χ3v) is 5.48. The lowest BCUT2D eigenvalue weighted by Gasteiger charge is -2.26. The topological polar surface area (TPSA) is 151 Å². The lowest BCUT2D eigenvalue weighted by atomic mass is 10.0. The highest BCUT2D eigenvalue weighted by Gasteiger charge is 2.30. The molecule has 0 bridgehead atoms. The van der Waals surface area contributed by atoms with Crippen LogP contribution in [0.4, 0.5) is 0 Å². The van der Waals surface area contributed by atoms with Crippen LogP contribution in [-0.4, -0.2) is 70.7 Å². The summed E-state index contributed by atoms with van der Waals surface area (Å²) in [6.07, 6.45) is 2.83. The minimum Gasteiger partial charge on any atom is -0.480 e. The largest absolute Gasteiger partial charge is 0.480 e. The van der Waals surface area contributed by atoms with Crippen molar-refractivity contribution < 1.29 is 24.3 Å². The Morgan fingerprint density at radius 1 is 0.871 bits per heavy atom. The highest BCUT2D eigenvalue weighted by atomic mass is 32.2. The number of carbonyl (C=O) groups is 4. The lowest BCUT2D eigenvalue weighted by molar-refractivity contribution is -0.142. The maximum absolute atomic E-state index is 12.9. The van der Waals surface area contributed by atoms with Crippen LogP contribution in [0, 0.1) is 11.8 Å². The quantitative estimate of drug-likeness (QED) is 0.189. The van der Waals surface area contributed by atoms with Gasteiger partial charge in [-0.15, -0.1) is 0 Å². The Bertz CT molecular complexity index is 604. The molecule has 0 aliphatic carbocycles. The Labute approximate surface area is 194 Å². The molecule has 31 heavy (non-hydrogen) atoms. The fraction of sp³-hybridized carbons (Fsp3) is 0.800. The zero-order chi connectivity index (χ0) is 24.1. The second-order valence-corrected chi connectivity index (χ2v) is 9.70. The third kappa shape index (κ3) is 12.2. The van der Waals surface area contributed by atoms with Crippen LogP contribution < -0.4 is 21.7 Å². The Balaban J connectivity index is 5.41. The van der Waals surface area contributed by atoms with Gasteiger partial charge in [0.25, 0.3) is 0 Å². The van der Waals surface area contributed by atoms with Gasteiger partial charge in [-0.3, -0.25) is 14.4 Å². The number of nitrogens with two attached hydrogens (primary N) is 1. The van der Waals surface area contributed by atoms with Crippen LogP contribution in [0.25, 0.3) is 0 Å². The van der Waals surface area contributed by atoms with E-state index in [1.165, 1.54) is 11.8 Å². The van der Waals surface area contributed by atoms with E-state index >= 15 is 0 Å². The van der Waals surface area contributed by atoms with Crippen LogP contribution >= 0.6 is 24.4 Å². The van der Waals surface area contributed by atoms with Crippen molar-refractivity contribution in [3.05, 3.63) is 0 Å². The number of rotatable bonds is 15. The Kier molecular flexibility index (Phi) is 14.6. The summed E-state index contributed by atoms with van der Waals surface area (Å²) in [6.45, 7) is 7.55. The van der Waals surface area contributed by atoms with Crippen molar-refractivity contribution in [3.8, 4) is 0 Å². The molecule has 0 rings (SSSR count). The Morgan fingerprint density at radius 3 is 1.77 bits per heavy atom. The molecule has 4 unspecified atom stereocenters. The van der Waals surface area contributed by atoms with Crippen molar-refractivity contribution in [3.63, 3.8) is 0 Å². The van der Waals surface area contributed by atoms with E-state index in [1.807, 2.05) is 34.0 Å². The van der Waals surface area contributed by atoms with Gasteiger partial charge in [-0.1, -0.05) is 27.7 Å². The average Bonchev–Trinajstić information content (AvgIpc) is 2.68. The van der Waals surface area contributed by atoms with Gasteiger partial charge in [0.05, 0.1) is 6.04 Å². The van der Waals surface area contributed by atoms with Crippen LogP contribution in [0.5, 0.6) is 0 Å². The number of carbonyl (C=O) groups excluding carboxylic acids is 3. The van der Waals surface area contributed by atoms with Gasteiger partial charge in [0.1, 0.15) is 18.1 Å². The van der Waals surface area contributed by atoms with Crippen LogP contribution in [0.1, 0.15) is 47.0 Å². The minimum absolute atomic E-state index is 0.0716. The molecule has 6 N–H and O–H groups in total. The van der Waals surface area contributed by atoms with Gasteiger partial charge in [-0.05, 0) is 43.1 Å². The lowest BCUT2D eigenvalue weighted by Crippen LogP contribution is -2.57. The standard InChI is InChI=1S/C20H38N4O5S2/c1-11(2)8-15(23-17(25)13(21)10-30)19(27)22-14(6-7-31-5)18(26)24-16(20(28)29)9-12(3)4/h11-16,30H,6-10,21H2,1-5H3,(H,22,27)(H,23,25)(H,24,26)(H,28,29).